The second kappa shape index (κ2) is 10.4. The largest absolute Gasteiger partial charge is 0.297 e. The third-order valence-corrected chi connectivity index (χ3v) is 0.557. The molecule has 0 unspecified atom stereocenters. The second-order valence-electron chi connectivity index (χ2n) is 1.65. The lowest BCUT2D eigenvalue weighted by molar-refractivity contribution is 1.40. The summed E-state index contributed by atoms with van der Waals surface area (Å²) in [5.41, 5.74) is 1.28. The molecule has 0 spiro atoms. The molecule has 0 amide bonds. The summed E-state index contributed by atoms with van der Waals surface area (Å²) in [6.45, 7) is 4.09. The molecule has 0 aromatic heterocycles. The number of hydrogen-bond acceptors (Lipinski definition) is 1. The third kappa shape index (κ3) is 18.7. The molecule has 0 atom stereocenters. The molecule has 1 nitrogen and oxygen atoms in total. The number of rotatable bonds is 1. The van der Waals surface area contributed by atoms with E-state index in [4.69, 9.17) is 0 Å². The predicted octanol–water partition coefficient (Wildman–Crippen LogP) is 2.93. The summed E-state index contributed by atoms with van der Waals surface area (Å²) in [5.74, 6) is 0. The fourth-order valence-electron chi connectivity index (χ4n) is 0.224. The van der Waals surface area contributed by atoms with E-state index in [0.717, 1.165) is 0 Å². The Morgan fingerprint density at radius 3 is 1.78 bits per heavy atom. The Morgan fingerprint density at radius 1 is 1.22 bits per heavy atom. The van der Waals surface area contributed by atoms with Crippen molar-refractivity contribution in [1.82, 2.24) is 0 Å². The minimum absolute atomic E-state index is 0. The molecule has 0 saturated carbocycles. The van der Waals surface area contributed by atoms with Crippen molar-refractivity contribution in [3.8, 4) is 0 Å². The summed E-state index contributed by atoms with van der Waals surface area (Å²) in [7, 11) is 1.76. The van der Waals surface area contributed by atoms with Gasteiger partial charge in [-0.2, -0.15) is 0 Å². The highest BCUT2D eigenvalue weighted by molar-refractivity contribution is 5.71. The second-order valence-corrected chi connectivity index (χ2v) is 1.65. The van der Waals surface area contributed by atoms with E-state index < -0.39 is 0 Å². The fraction of sp³-hybridized carbons (Fsp3) is 0.625. The normalized spacial score (nSPS) is 7.44. The molecule has 0 N–H and O–H groups in total. The SMILES string of the molecule is C.C.CN=CC=C(C)C. The molecule has 0 saturated heterocycles. The van der Waals surface area contributed by atoms with Crippen molar-refractivity contribution in [2.45, 2.75) is 28.7 Å². The predicted molar refractivity (Wildman–Crippen MR) is 47.3 cm³/mol. The van der Waals surface area contributed by atoms with E-state index >= 15 is 0 Å². The van der Waals surface area contributed by atoms with Crippen molar-refractivity contribution < 1.29 is 0 Å². The van der Waals surface area contributed by atoms with Gasteiger partial charge in [0.2, 0.25) is 0 Å². The van der Waals surface area contributed by atoms with Gasteiger partial charge < -0.3 is 0 Å². The van der Waals surface area contributed by atoms with Gasteiger partial charge in [-0.3, -0.25) is 4.99 Å². The number of nitrogens with zero attached hydrogens (tertiary/aromatic N) is 1. The Kier molecular flexibility index (Phi) is 18.2. The van der Waals surface area contributed by atoms with E-state index in [9.17, 15) is 0 Å². The van der Waals surface area contributed by atoms with Gasteiger partial charge in [0.1, 0.15) is 0 Å². The van der Waals surface area contributed by atoms with E-state index in [-0.39, 0.29) is 14.9 Å². The highest BCUT2D eigenvalue weighted by atomic mass is 14.6. The maximum absolute atomic E-state index is 3.77. The quantitative estimate of drug-likeness (QED) is 0.483. The maximum Gasteiger partial charge on any atom is 0.0277 e. The minimum Gasteiger partial charge on any atom is -0.297 e. The lowest BCUT2D eigenvalue weighted by atomic mass is 10.3. The van der Waals surface area contributed by atoms with E-state index in [1.54, 1.807) is 13.3 Å². The molecule has 9 heavy (non-hydrogen) atoms. The van der Waals surface area contributed by atoms with Gasteiger partial charge in [0.15, 0.2) is 0 Å². The highest BCUT2D eigenvalue weighted by Crippen LogP contribution is 1.82. The molecule has 0 radical (unpaired) electrons. The molecule has 0 aromatic carbocycles. The van der Waals surface area contributed by atoms with Crippen molar-refractivity contribution in [1.29, 1.82) is 0 Å². The molecule has 0 heterocycles. The Bertz CT molecular complexity index is 86.7. The van der Waals surface area contributed by atoms with Crippen molar-refractivity contribution in [2.24, 2.45) is 4.99 Å². The van der Waals surface area contributed by atoms with Crippen LogP contribution in [0.1, 0.15) is 28.7 Å². The monoisotopic (exact) mass is 129 g/mol. The summed E-state index contributed by atoms with van der Waals surface area (Å²) < 4.78 is 0. The zero-order valence-corrected chi connectivity index (χ0v) is 5.10. The third-order valence-electron chi connectivity index (χ3n) is 0.557. The minimum atomic E-state index is 0. The first-order chi connectivity index (χ1) is 3.27. The Balaban J connectivity index is -0.000000180. The fourth-order valence-corrected chi connectivity index (χ4v) is 0.224. The number of aliphatic imine (C=N–C) groups is 1. The van der Waals surface area contributed by atoms with Crippen LogP contribution >= 0.6 is 0 Å². The molecular formula is C8H19N. The molecule has 0 aromatic rings. The summed E-state index contributed by atoms with van der Waals surface area (Å²) in [6.07, 6.45) is 3.76. The molecule has 1 heteroatoms. The van der Waals surface area contributed by atoms with Gasteiger partial charge in [-0.05, 0) is 19.9 Å². The van der Waals surface area contributed by atoms with Gasteiger partial charge in [-0.1, -0.05) is 20.4 Å². The van der Waals surface area contributed by atoms with Crippen LogP contribution in [0.15, 0.2) is 16.6 Å². The van der Waals surface area contributed by atoms with Crippen LogP contribution in [0, 0.1) is 0 Å². The van der Waals surface area contributed by atoms with Gasteiger partial charge in [0, 0.05) is 13.3 Å². The molecule has 0 fully saturated rings. The summed E-state index contributed by atoms with van der Waals surface area (Å²) in [4.78, 5) is 3.77. The van der Waals surface area contributed by atoms with Crippen LogP contribution < -0.4 is 0 Å². The van der Waals surface area contributed by atoms with Gasteiger partial charge in [0.25, 0.3) is 0 Å². The smallest absolute Gasteiger partial charge is 0.0277 e. The van der Waals surface area contributed by atoms with Crippen LogP contribution in [-0.4, -0.2) is 13.3 Å². The van der Waals surface area contributed by atoms with Crippen molar-refractivity contribution in [3.63, 3.8) is 0 Å². The maximum atomic E-state index is 3.77. The van der Waals surface area contributed by atoms with E-state index in [0.29, 0.717) is 0 Å². The molecule has 0 rings (SSSR count). The average Bonchev–Trinajstić information content (AvgIpc) is 1.61. The molecule has 0 bridgehead atoms. The van der Waals surface area contributed by atoms with Gasteiger partial charge in [-0.15, -0.1) is 0 Å². The van der Waals surface area contributed by atoms with Crippen LogP contribution in [0.3, 0.4) is 0 Å². The van der Waals surface area contributed by atoms with Crippen LogP contribution in [0.2, 0.25) is 0 Å². The first-order valence-electron chi connectivity index (χ1n) is 2.33. The van der Waals surface area contributed by atoms with E-state index in [1.807, 2.05) is 19.9 Å². The van der Waals surface area contributed by atoms with Crippen molar-refractivity contribution in [3.05, 3.63) is 11.6 Å². The number of hydrogen-bond donors (Lipinski definition) is 0. The average molecular weight is 129 g/mol. The Labute approximate surface area is 59.5 Å². The Hall–Kier alpha value is -0.590. The molecule has 0 aliphatic heterocycles. The summed E-state index contributed by atoms with van der Waals surface area (Å²) >= 11 is 0. The molecule has 56 valence electrons. The first kappa shape index (κ1) is 15.8. The van der Waals surface area contributed by atoms with Gasteiger partial charge in [0.05, 0.1) is 0 Å². The van der Waals surface area contributed by atoms with Crippen LogP contribution in [0.5, 0.6) is 0 Å². The first-order valence-corrected chi connectivity index (χ1v) is 2.33. The molecule has 0 aliphatic rings. The lowest BCUT2D eigenvalue weighted by Gasteiger charge is -1.77. The topological polar surface area (TPSA) is 12.4 Å². The summed E-state index contributed by atoms with van der Waals surface area (Å²) in [6, 6.07) is 0. The summed E-state index contributed by atoms with van der Waals surface area (Å²) in [5, 5.41) is 0. The molecular weight excluding hydrogens is 110 g/mol. The van der Waals surface area contributed by atoms with Crippen LogP contribution in [0.25, 0.3) is 0 Å². The van der Waals surface area contributed by atoms with E-state index in [1.165, 1.54) is 5.57 Å². The lowest BCUT2D eigenvalue weighted by Crippen LogP contribution is -1.65. The zero-order valence-electron chi connectivity index (χ0n) is 5.10. The van der Waals surface area contributed by atoms with Crippen molar-refractivity contribution in [2.75, 3.05) is 7.05 Å². The van der Waals surface area contributed by atoms with Crippen LogP contribution in [-0.2, 0) is 0 Å². The van der Waals surface area contributed by atoms with E-state index in [2.05, 4.69) is 4.99 Å². The van der Waals surface area contributed by atoms with Crippen LogP contribution in [0.4, 0.5) is 0 Å². The van der Waals surface area contributed by atoms with Gasteiger partial charge in [-0.25, -0.2) is 0 Å². The zero-order chi connectivity index (χ0) is 5.70. The number of allylic oxidation sites excluding steroid dienone is 2. The van der Waals surface area contributed by atoms with Gasteiger partial charge >= 0.3 is 0 Å². The highest BCUT2D eigenvalue weighted by Gasteiger charge is 1.66. The molecule has 0 aliphatic carbocycles. The van der Waals surface area contributed by atoms with Crippen molar-refractivity contribution >= 4 is 6.21 Å². The Morgan fingerprint density at radius 2 is 1.67 bits per heavy atom. The standard InChI is InChI=1S/C6H11N.2CH4/c1-6(2)4-5-7-3;;/h4-5H,1-3H3;2*1H4.